The summed E-state index contributed by atoms with van der Waals surface area (Å²) in [4.78, 5) is 40.7. The molecule has 0 bridgehead atoms. The van der Waals surface area contributed by atoms with Gasteiger partial charge in [-0.15, -0.1) is 0 Å². The number of likely N-dealkylation sites (tertiary alicyclic amines) is 1. The van der Waals surface area contributed by atoms with Crippen LogP contribution in [-0.4, -0.2) is 47.4 Å². The fourth-order valence-electron chi connectivity index (χ4n) is 5.19. The number of carbonyl (C=O) groups excluding carboxylic acids is 3. The second-order valence-corrected chi connectivity index (χ2v) is 12.3. The second-order valence-electron chi connectivity index (χ2n) is 12.3. The number of hydrogen-bond acceptors (Lipinski definition) is 5. The van der Waals surface area contributed by atoms with Crippen LogP contribution in [0.3, 0.4) is 0 Å². The summed E-state index contributed by atoms with van der Waals surface area (Å²) in [6, 6.07) is 27.0. The van der Waals surface area contributed by atoms with Gasteiger partial charge in [0.1, 0.15) is 18.0 Å². The average molecular weight is 585 g/mol. The summed E-state index contributed by atoms with van der Waals surface area (Å²) in [5.74, 6) is 0.791. The third-order valence-electron chi connectivity index (χ3n) is 7.58. The Morgan fingerprint density at radius 1 is 0.837 bits per heavy atom. The van der Waals surface area contributed by atoms with Crippen LogP contribution in [0.5, 0.6) is 5.75 Å². The number of nitrogens with one attached hydrogen (secondary N) is 1. The molecule has 1 saturated heterocycles. The van der Waals surface area contributed by atoms with Gasteiger partial charge in [-0.1, -0.05) is 72.8 Å². The van der Waals surface area contributed by atoms with Crippen molar-refractivity contribution < 1.29 is 23.9 Å². The first kappa shape index (κ1) is 31.8. The van der Waals surface area contributed by atoms with E-state index in [0.717, 1.165) is 35.3 Å². The Morgan fingerprint density at radius 3 is 2.05 bits per heavy atom. The van der Waals surface area contributed by atoms with Gasteiger partial charge in [0.15, 0.2) is 5.78 Å². The fourth-order valence-corrected chi connectivity index (χ4v) is 5.19. The number of Topliss-reactive ketones (excluding diaryl/α,β-unsaturated/α-hetero) is 1. The number of nitrogens with zero attached hydrogens (tertiary/aromatic N) is 1. The molecule has 0 spiro atoms. The van der Waals surface area contributed by atoms with Gasteiger partial charge in [0, 0.05) is 25.9 Å². The minimum Gasteiger partial charge on any atom is -0.489 e. The molecule has 43 heavy (non-hydrogen) atoms. The third-order valence-corrected chi connectivity index (χ3v) is 7.58. The highest BCUT2D eigenvalue weighted by atomic mass is 16.6. The zero-order valence-electron chi connectivity index (χ0n) is 25.6. The van der Waals surface area contributed by atoms with Crippen molar-refractivity contribution in [1.82, 2.24) is 10.2 Å². The van der Waals surface area contributed by atoms with Crippen LogP contribution in [0.15, 0.2) is 84.9 Å². The van der Waals surface area contributed by atoms with E-state index >= 15 is 0 Å². The first-order chi connectivity index (χ1) is 20.6. The van der Waals surface area contributed by atoms with Crippen LogP contribution in [0.1, 0.15) is 63.1 Å². The predicted octanol–water partition coefficient (Wildman–Crippen LogP) is 6.53. The van der Waals surface area contributed by atoms with E-state index in [2.05, 4.69) is 5.32 Å². The second kappa shape index (κ2) is 15.4. The molecule has 228 valence electrons. The summed E-state index contributed by atoms with van der Waals surface area (Å²) in [5.41, 5.74) is 2.60. The highest BCUT2D eigenvalue weighted by Gasteiger charge is 2.29. The van der Waals surface area contributed by atoms with Crippen molar-refractivity contribution in [2.75, 3.05) is 13.1 Å². The number of benzene rings is 3. The van der Waals surface area contributed by atoms with Gasteiger partial charge in [-0.2, -0.15) is 0 Å². The van der Waals surface area contributed by atoms with Gasteiger partial charge in [0.05, 0.1) is 6.04 Å². The molecule has 1 atom stereocenters. The van der Waals surface area contributed by atoms with E-state index in [1.54, 1.807) is 4.90 Å². The molecule has 1 heterocycles. The normalized spacial score (nSPS) is 14.5. The summed E-state index contributed by atoms with van der Waals surface area (Å²) in [7, 11) is 0. The number of aryl methyl sites for hydroxylation is 1. The molecule has 0 aromatic heterocycles. The molecule has 1 fully saturated rings. The van der Waals surface area contributed by atoms with E-state index in [-0.39, 0.29) is 23.7 Å². The summed E-state index contributed by atoms with van der Waals surface area (Å²) in [6.07, 6.45) is 2.86. The topological polar surface area (TPSA) is 84.9 Å². The highest BCUT2D eigenvalue weighted by molar-refractivity contribution is 5.89. The van der Waals surface area contributed by atoms with Crippen LogP contribution in [0.4, 0.5) is 4.79 Å². The van der Waals surface area contributed by atoms with Crippen LogP contribution < -0.4 is 10.1 Å². The largest absolute Gasteiger partial charge is 0.489 e. The van der Waals surface area contributed by atoms with Gasteiger partial charge in [-0.25, -0.2) is 4.79 Å². The Kier molecular flexibility index (Phi) is 11.4. The van der Waals surface area contributed by atoms with Gasteiger partial charge in [0.2, 0.25) is 5.91 Å². The Hall–Kier alpha value is -4.13. The molecule has 3 aromatic carbocycles. The van der Waals surface area contributed by atoms with E-state index in [1.165, 1.54) is 0 Å². The standard InChI is InChI=1S/C36H44N2O5/c1-36(2,3)43-35(41)38-22-20-29(21-23-38)25-34(40)37-32(33(39)19-16-27-10-6-4-7-11-27)24-28-14-17-31(18-15-28)42-26-30-12-8-5-9-13-30/h4-15,17-18,29,32H,16,19-26H2,1-3H3,(H,37,40)/t32-/m0/s1. The smallest absolute Gasteiger partial charge is 0.410 e. The monoisotopic (exact) mass is 584 g/mol. The molecule has 1 N–H and O–H groups in total. The van der Waals surface area contributed by atoms with E-state index in [9.17, 15) is 14.4 Å². The molecule has 0 radical (unpaired) electrons. The van der Waals surface area contributed by atoms with E-state index in [1.807, 2.05) is 106 Å². The molecule has 4 rings (SSSR count). The van der Waals surface area contributed by atoms with Crippen LogP contribution in [-0.2, 0) is 33.8 Å². The van der Waals surface area contributed by atoms with Crippen molar-refractivity contribution in [3.8, 4) is 5.75 Å². The number of hydrogen-bond donors (Lipinski definition) is 1. The number of amides is 2. The Labute approximate surface area is 255 Å². The lowest BCUT2D eigenvalue weighted by Gasteiger charge is -2.33. The van der Waals surface area contributed by atoms with Crippen LogP contribution in [0.25, 0.3) is 0 Å². The highest BCUT2D eigenvalue weighted by Crippen LogP contribution is 2.23. The molecule has 2 amide bonds. The maximum atomic E-state index is 13.4. The number of ether oxygens (including phenoxy) is 2. The van der Waals surface area contributed by atoms with Crippen molar-refractivity contribution in [3.63, 3.8) is 0 Å². The van der Waals surface area contributed by atoms with Gasteiger partial charge in [-0.05, 0) is 81.2 Å². The lowest BCUT2D eigenvalue weighted by Crippen LogP contribution is -2.45. The third kappa shape index (κ3) is 10.9. The van der Waals surface area contributed by atoms with Gasteiger partial charge in [-0.3, -0.25) is 9.59 Å². The van der Waals surface area contributed by atoms with Crippen molar-refractivity contribution in [3.05, 3.63) is 102 Å². The molecule has 0 unspecified atom stereocenters. The maximum Gasteiger partial charge on any atom is 0.410 e. The number of carbonyl (C=O) groups is 3. The zero-order valence-corrected chi connectivity index (χ0v) is 25.6. The summed E-state index contributed by atoms with van der Waals surface area (Å²) < 4.78 is 11.4. The van der Waals surface area contributed by atoms with Crippen LogP contribution in [0.2, 0.25) is 0 Å². The van der Waals surface area contributed by atoms with E-state index in [0.29, 0.717) is 45.4 Å². The van der Waals surface area contributed by atoms with Gasteiger partial charge in [0.25, 0.3) is 0 Å². The predicted molar refractivity (Wildman–Crippen MR) is 168 cm³/mol. The Bertz CT molecular complexity index is 1310. The first-order valence-corrected chi connectivity index (χ1v) is 15.2. The molecule has 7 nitrogen and oxygen atoms in total. The Morgan fingerprint density at radius 2 is 1.44 bits per heavy atom. The molecule has 0 saturated carbocycles. The minimum absolute atomic E-state index is 0.0151. The maximum absolute atomic E-state index is 13.4. The molecular formula is C36H44N2O5. The molecule has 3 aromatic rings. The summed E-state index contributed by atoms with van der Waals surface area (Å²) >= 11 is 0. The minimum atomic E-state index is -0.617. The molecular weight excluding hydrogens is 540 g/mol. The number of rotatable bonds is 12. The van der Waals surface area contributed by atoms with Crippen molar-refractivity contribution in [2.45, 2.75) is 77.5 Å². The Balaban J connectivity index is 1.33. The van der Waals surface area contributed by atoms with Gasteiger partial charge >= 0.3 is 6.09 Å². The summed E-state index contributed by atoms with van der Waals surface area (Å²) in [6.45, 7) is 7.17. The lowest BCUT2D eigenvalue weighted by atomic mass is 9.92. The first-order valence-electron chi connectivity index (χ1n) is 15.2. The SMILES string of the molecule is CC(C)(C)OC(=O)N1CCC(CC(=O)N[C@@H](Cc2ccc(OCc3ccccc3)cc2)C(=O)CCc2ccccc2)CC1. The van der Waals surface area contributed by atoms with Crippen LogP contribution in [0, 0.1) is 5.92 Å². The molecule has 1 aliphatic rings. The fraction of sp³-hybridized carbons (Fsp3) is 0.417. The van der Waals surface area contributed by atoms with Crippen molar-refractivity contribution in [2.24, 2.45) is 5.92 Å². The molecule has 0 aliphatic carbocycles. The van der Waals surface area contributed by atoms with Crippen LogP contribution >= 0.6 is 0 Å². The van der Waals surface area contributed by atoms with Gasteiger partial charge < -0.3 is 19.7 Å². The van der Waals surface area contributed by atoms with E-state index in [4.69, 9.17) is 9.47 Å². The quantitative estimate of drug-likeness (QED) is 0.262. The zero-order chi connectivity index (χ0) is 30.7. The lowest BCUT2D eigenvalue weighted by molar-refractivity contribution is -0.128. The summed E-state index contributed by atoms with van der Waals surface area (Å²) in [5, 5.41) is 3.05. The number of piperidine rings is 1. The van der Waals surface area contributed by atoms with Crippen molar-refractivity contribution >= 4 is 17.8 Å². The molecule has 7 heteroatoms. The van der Waals surface area contributed by atoms with Crippen molar-refractivity contribution in [1.29, 1.82) is 0 Å². The number of ketones is 1. The molecule has 1 aliphatic heterocycles. The van der Waals surface area contributed by atoms with E-state index < -0.39 is 11.6 Å². The average Bonchev–Trinajstić information content (AvgIpc) is 2.99.